The van der Waals surface area contributed by atoms with E-state index in [0.717, 1.165) is 13.0 Å². The van der Waals surface area contributed by atoms with Crippen LogP contribution in [0.2, 0.25) is 0 Å². The van der Waals surface area contributed by atoms with Gasteiger partial charge in [0.15, 0.2) is 0 Å². The molecule has 1 amide bonds. The quantitative estimate of drug-likeness (QED) is 0.485. The van der Waals surface area contributed by atoms with Gasteiger partial charge in [0, 0.05) is 12.7 Å². The van der Waals surface area contributed by atoms with Crippen molar-refractivity contribution in [3.05, 3.63) is 12.3 Å². The number of nitrogens with zero attached hydrogens (tertiary/aromatic N) is 1. The third kappa shape index (κ3) is 1.22. The Hall–Kier alpha value is -0.990. The Bertz CT molecular complexity index is 142. The van der Waals surface area contributed by atoms with Crippen molar-refractivity contribution in [3.8, 4) is 0 Å². The number of hydrogen-bond donors (Lipinski definition) is 0. The molecule has 0 fully saturated rings. The van der Waals surface area contributed by atoms with Gasteiger partial charge in [0.1, 0.15) is 0 Å². The fourth-order valence-electron chi connectivity index (χ4n) is 0.759. The van der Waals surface area contributed by atoms with Gasteiger partial charge in [-0.05, 0) is 6.42 Å². The van der Waals surface area contributed by atoms with Gasteiger partial charge in [0.05, 0.1) is 7.11 Å². The number of carbonyl (C=O) groups is 1. The Balaban J connectivity index is 2.43. The lowest BCUT2D eigenvalue weighted by molar-refractivity contribution is 0.143. The molecular formula is C6H9NO2. The highest BCUT2D eigenvalue weighted by atomic mass is 16.5. The fraction of sp³-hybridized carbons (Fsp3) is 0.500. The van der Waals surface area contributed by atoms with E-state index in [-0.39, 0.29) is 6.09 Å². The smallest absolute Gasteiger partial charge is 0.413 e. The predicted molar refractivity (Wildman–Crippen MR) is 32.9 cm³/mol. The van der Waals surface area contributed by atoms with Gasteiger partial charge in [-0.15, -0.1) is 0 Å². The van der Waals surface area contributed by atoms with E-state index in [4.69, 9.17) is 0 Å². The van der Waals surface area contributed by atoms with Gasteiger partial charge in [0.2, 0.25) is 0 Å². The molecule has 3 nitrogen and oxygen atoms in total. The number of methoxy groups -OCH3 is 1. The van der Waals surface area contributed by atoms with Gasteiger partial charge in [-0.25, -0.2) is 4.79 Å². The second kappa shape index (κ2) is 2.53. The molecule has 0 radical (unpaired) electrons. The van der Waals surface area contributed by atoms with E-state index in [1.807, 2.05) is 6.08 Å². The van der Waals surface area contributed by atoms with Crippen LogP contribution in [0.15, 0.2) is 12.3 Å². The van der Waals surface area contributed by atoms with Crippen molar-refractivity contribution in [1.29, 1.82) is 0 Å². The molecule has 0 spiro atoms. The minimum Gasteiger partial charge on any atom is -0.452 e. The van der Waals surface area contributed by atoms with Gasteiger partial charge in [-0.3, -0.25) is 4.90 Å². The normalized spacial score (nSPS) is 16.3. The van der Waals surface area contributed by atoms with Crippen molar-refractivity contribution in [2.45, 2.75) is 6.42 Å². The van der Waals surface area contributed by atoms with Gasteiger partial charge in [-0.1, -0.05) is 6.08 Å². The third-order valence-corrected chi connectivity index (χ3v) is 1.23. The Kier molecular flexibility index (Phi) is 1.72. The van der Waals surface area contributed by atoms with Crippen molar-refractivity contribution in [3.63, 3.8) is 0 Å². The first-order valence-corrected chi connectivity index (χ1v) is 2.86. The maximum absolute atomic E-state index is 10.7. The zero-order valence-electron chi connectivity index (χ0n) is 5.33. The lowest BCUT2D eigenvalue weighted by Gasteiger charge is -2.09. The Morgan fingerprint density at radius 2 is 2.56 bits per heavy atom. The van der Waals surface area contributed by atoms with Crippen molar-refractivity contribution in [2.75, 3.05) is 13.7 Å². The maximum atomic E-state index is 10.7. The summed E-state index contributed by atoms with van der Waals surface area (Å²) in [6.45, 7) is 0.757. The van der Waals surface area contributed by atoms with Crippen molar-refractivity contribution in [1.82, 2.24) is 4.90 Å². The lowest BCUT2D eigenvalue weighted by atomic mass is 10.5. The van der Waals surface area contributed by atoms with E-state index in [1.54, 1.807) is 11.1 Å². The van der Waals surface area contributed by atoms with Crippen LogP contribution in [0, 0.1) is 0 Å². The predicted octanol–water partition coefficient (Wildman–Crippen LogP) is 0.972. The molecular weight excluding hydrogens is 118 g/mol. The maximum Gasteiger partial charge on any atom is 0.413 e. The van der Waals surface area contributed by atoms with Crippen LogP contribution < -0.4 is 0 Å². The second-order valence-corrected chi connectivity index (χ2v) is 1.84. The van der Waals surface area contributed by atoms with E-state index < -0.39 is 0 Å². The van der Waals surface area contributed by atoms with Crippen LogP contribution in [0.4, 0.5) is 4.79 Å². The van der Waals surface area contributed by atoms with Crippen LogP contribution in [-0.2, 0) is 4.74 Å². The molecule has 0 aromatic rings. The largest absolute Gasteiger partial charge is 0.452 e. The molecule has 50 valence electrons. The highest BCUT2D eigenvalue weighted by Gasteiger charge is 2.11. The third-order valence-electron chi connectivity index (χ3n) is 1.23. The summed E-state index contributed by atoms with van der Waals surface area (Å²) < 4.78 is 4.47. The summed E-state index contributed by atoms with van der Waals surface area (Å²) in [7, 11) is 1.38. The summed E-state index contributed by atoms with van der Waals surface area (Å²) in [5.74, 6) is 0. The van der Waals surface area contributed by atoms with Crippen LogP contribution >= 0.6 is 0 Å². The van der Waals surface area contributed by atoms with Gasteiger partial charge < -0.3 is 4.74 Å². The van der Waals surface area contributed by atoms with E-state index in [9.17, 15) is 4.79 Å². The first kappa shape index (κ1) is 6.13. The monoisotopic (exact) mass is 127 g/mol. The Morgan fingerprint density at radius 1 is 1.78 bits per heavy atom. The van der Waals surface area contributed by atoms with Crippen LogP contribution in [0.3, 0.4) is 0 Å². The van der Waals surface area contributed by atoms with Crippen LogP contribution in [-0.4, -0.2) is 24.6 Å². The first-order valence-electron chi connectivity index (χ1n) is 2.86. The summed E-state index contributed by atoms with van der Waals surface area (Å²) in [5.41, 5.74) is 0. The van der Waals surface area contributed by atoms with Crippen LogP contribution in [0.5, 0.6) is 0 Å². The Labute approximate surface area is 53.9 Å². The minimum absolute atomic E-state index is 0.274. The van der Waals surface area contributed by atoms with Crippen LogP contribution in [0.1, 0.15) is 6.42 Å². The molecule has 0 atom stereocenters. The second-order valence-electron chi connectivity index (χ2n) is 1.84. The fourth-order valence-corrected chi connectivity index (χ4v) is 0.759. The number of rotatable bonds is 0. The zero-order chi connectivity index (χ0) is 6.69. The highest BCUT2D eigenvalue weighted by molar-refractivity contribution is 5.69. The molecule has 3 heteroatoms. The van der Waals surface area contributed by atoms with E-state index in [1.165, 1.54) is 7.11 Å². The molecule has 1 aliphatic rings. The molecule has 0 bridgehead atoms. The van der Waals surface area contributed by atoms with E-state index >= 15 is 0 Å². The summed E-state index contributed by atoms with van der Waals surface area (Å²) in [4.78, 5) is 12.2. The van der Waals surface area contributed by atoms with E-state index in [2.05, 4.69) is 4.74 Å². The van der Waals surface area contributed by atoms with Gasteiger partial charge in [-0.2, -0.15) is 0 Å². The Morgan fingerprint density at radius 3 is 3.00 bits per heavy atom. The molecule has 1 heterocycles. The number of hydrogen-bond acceptors (Lipinski definition) is 2. The van der Waals surface area contributed by atoms with Gasteiger partial charge in [0.25, 0.3) is 0 Å². The lowest BCUT2D eigenvalue weighted by Crippen LogP contribution is -2.22. The SMILES string of the molecule is COC(=O)N1C=CCC1. The van der Waals surface area contributed by atoms with Crippen molar-refractivity contribution >= 4 is 6.09 Å². The molecule has 0 N–H and O–H groups in total. The number of ether oxygens (including phenoxy) is 1. The molecule has 1 rings (SSSR count). The van der Waals surface area contributed by atoms with Crippen molar-refractivity contribution < 1.29 is 9.53 Å². The average molecular weight is 127 g/mol. The summed E-state index contributed by atoms with van der Waals surface area (Å²) in [6.07, 6.45) is 4.35. The summed E-state index contributed by atoms with van der Waals surface area (Å²) in [6, 6.07) is 0. The molecule has 0 aromatic heterocycles. The summed E-state index contributed by atoms with van der Waals surface area (Å²) in [5, 5.41) is 0. The minimum atomic E-state index is -0.274. The number of carbonyl (C=O) groups excluding carboxylic acids is 1. The molecule has 1 aliphatic heterocycles. The van der Waals surface area contributed by atoms with Gasteiger partial charge >= 0.3 is 6.09 Å². The molecule has 0 unspecified atom stereocenters. The molecule has 0 saturated carbocycles. The molecule has 0 aromatic carbocycles. The zero-order valence-corrected chi connectivity index (χ0v) is 5.33. The highest BCUT2D eigenvalue weighted by Crippen LogP contribution is 2.04. The number of amides is 1. The first-order chi connectivity index (χ1) is 4.34. The topological polar surface area (TPSA) is 29.5 Å². The average Bonchev–Trinajstić information content (AvgIpc) is 2.37. The summed E-state index contributed by atoms with van der Waals surface area (Å²) >= 11 is 0. The van der Waals surface area contributed by atoms with Crippen molar-refractivity contribution in [2.24, 2.45) is 0 Å². The molecule has 0 saturated heterocycles. The molecule has 9 heavy (non-hydrogen) atoms. The standard InChI is InChI=1S/C6H9NO2/c1-9-6(8)7-4-2-3-5-7/h2,4H,3,5H2,1H3. The van der Waals surface area contributed by atoms with Crippen LogP contribution in [0.25, 0.3) is 0 Å². The van der Waals surface area contributed by atoms with E-state index in [0.29, 0.717) is 0 Å². The molecule has 0 aliphatic carbocycles.